The number of aromatic nitrogens is 1. The van der Waals surface area contributed by atoms with E-state index in [9.17, 15) is 14.4 Å². The van der Waals surface area contributed by atoms with E-state index in [0.29, 0.717) is 16.8 Å². The maximum absolute atomic E-state index is 12.8. The van der Waals surface area contributed by atoms with Crippen molar-refractivity contribution in [1.29, 1.82) is 0 Å². The molecule has 0 radical (unpaired) electrons. The number of benzene rings is 1. The highest BCUT2D eigenvalue weighted by Gasteiger charge is 2.36. The summed E-state index contributed by atoms with van der Waals surface area (Å²) in [5.74, 6) is -1.20. The van der Waals surface area contributed by atoms with Gasteiger partial charge in [0.2, 0.25) is 5.78 Å². The van der Waals surface area contributed by atoms with E-state index in [-0.39, 0.29) is 28.4 Å². The number of hydrogen-bond acceptors (Lipinski definition) is 4. The van der Waals surface area contributed by atoms with Gasteiger partial charge in [0, 0.05) is 26.6 Å². The number of esters is 1. The monoisotopic (exact) mass is 435 g/mol. The molecular weight excluding hydrogens is 421 g/mol. The van der Waals surface area contributed by atoms with Crippen LogP contribution in [0.15, 0.2) is 41.6 Å². The molecular formula is C18H14INO4. The van der Waals surface area contributed by atoms with E-state index in [0.717, 1.165) is 3.57 Å². The van der Waals surface area contributed by atoms with Crippen LogP contribution < -0.4 is 0 Å². The number of carbonyl (C=O) groups excluding carboxylic acids is 3. The van der Waals surface area contributed by atoms with Gasteiger partial charge in [-0.05, 0) is 60.7 Å². The minimum absolute atomic E-state index is 0.108. The van der Waals surface area contributed by atoms with Gasteiger partial charge in [0.05, 0.1) is 18.2 Å². The molecule has 3 rings (SSSR count). The number of ketones is 2. The van der Waals surface area contributed by atoms with E-state index < -0.39 is 5.97 Å². The second kappa shape index (κ2) is 6.01. The van der Waals surface area contributed by atoms with Crippen LogP contribution in [0.1, 0.15) is 45.1 Å². The van der Waals surface area contributed by atoms with Crippen LogP contribution in [0.3, 0.4) is 0 Å². The molecule has 0 atom stereocenters. The van der Waals surface area contributed by atoms with Crippen molar-refractivity contribution in [2.75, 3.05) is 7.11 Å². The lowest BCUT2D eigenvalue weighted by Crippen LogP contribution is -2.22. The highest BCUT2D eigenvalue weighted by atomic mass is 127. The number of methoxy groups -OCH3 is 1. The van der Waals surface area contributed by atoms with Crippen molar-refractivity contribution in [3.8, 4) is 5.69 Å². The summed E-state index contributed by atoms with van der Waals surface area (Å²) < 4.78 is 7.42. The number of ether oxygens (including phenoxy) is 1. The Bertz CT molecular complexity index is 919. The van der Waals surface area contributed by atoms with Crippen molar-refractivity contribution in [2.45, 2.75) is 13.8 Å². The smallest absolute Gasteiger partial charge is 0.340 e. The quantitative estimate of drug-likeness (QED) is 0.535. The summed E-state index contributed by atoms with van der Waals surface area (Å²) in [6, 6.07) is 7.45. The van der Waals surface area contributed by atoms with Crippen molar-refractivity contribution >= 4 is 40.1 Å². The third-order valence-corrected chi connectivity index (χ3v) is 4.92. The first-order chi connectivity index (χ1) is 11.4. The van der Waals surface area contributed by atoms with E-state index in [1.807, 2.05) is 24.3 Å². The number of fused-ring (bicyclic) bond motifs is 1. The summed E-state index contributed by atoms with van der Waals surface area (Å²) in [4.78, 5) is 37.6. The van der Waals surface area contributed by atoms with E-state index >= 15 is 0 Å². The van der Waals surface area contributed by atoms with Gasteiger partial charge < -0.3 is 9.30 Å². The Labute approximate surface area is 152 Å². The van der Waals surface area contributed by atoms with Crippen molar-refractivity contribution in [1.82, 2.24) is 4.57 Å². The molecule has 1 heterocycles. The number of halogens is 1. The molecule has 0 saturated heterocycles. The molecule has 5 nitrogen and oxygen atoms in total. The van der Waals surface area contributed by atoms with Gasteiger partial charge in [0.25, 0.3) is 0 Å². The Morgan fingerprint density at radius 2 is 1.62 bits per heavy atom. The zero-order valence-electron chi connectivity index (χ0n) is 13.3. The lowest BCUT2D eigenvalue weighted by Gasteiger charge is -2.17. The average Bonchev–Trinajstić information content (AvgIpc) is 2.98. The SMILES string of the molecule is COC(=O)c1cn(-c2ccc(I)cc2)c2c1C(=O)C(C)=C(C)C2=O. The van der Waals surface area contributed by atoms with E-state index in [1.165, 1.54) is 13.3 Å². The van der Waals surface area contributed by atoms with Crippen LogP contribution in [0.25, 0.3) is 5.69 Å². The summed E-state index contributed by atoms with van der Waals surface area (Å²) in [5, 5.41) is 0. The second-order valence-electron chi connectivity index (χ2n) is 5.51. The molecule has 0 spiro atoms. The second-order valence-corrected chi connectivity index (χ2v) is 6.76. The molecule has 122 valence electrons. The van der Waals surface area contributed by atoms with Crippen molar-refractivity contribution in [3.63, 3.8) is 0 Å². The maximum Gasteiger partial charge on any atom is 0.340 e. The Balaban J connectivity index is 2.33. The van der Waals surface area contributed by atoms with Gasteiger partial charge in [0.15, 0.2) is 5.78 Å². The van der Waals surface area contributed by atoms with Gasteiger partial charge in [-0.3, -0.25) is 9.59 Å². The van der Waals surface area contributed by atoms with E-state index in [1.54, 1.807) is 18.4 Å². The van der Waals surface area contributed by atoms with Gasteiger partial charge in [-0.25, -0.2) is 4.79 Å². The lowest BCUT2D eigenvalue weighted by atomic mass is 9.88. The number of allylic oxidation sites excluding steroid dienone is 2. The van der Waals surface area contributed by atoms with Crippen LogP contribution in [-0.4, -0.2) is 29.2 Å². The molecule has 1 aromatic heterocycles. The van der Waals surface area contributed by atoms with Crippen LogP contribution in [0.2, 0.25) is 0 Å². The van der Waals surface area contributed by atoms with E-state index in [2.05, 4.69) is 22.6 Å². The molecule has 0 aliphatic heterocycles. The first-order valence-electron chi connectivity index (χ1n) is 7.23. The lowest BCUT2D eigenvalue weighted by molar-refractivity contribution is 0.0597. The standard InChI is InChI=1S/C18H14INO4/c1-9-10(2)17(22)15-14(16(9)21)13(18(23)24-3)8-20(15)12-6-4-11(19)5-7-12/h4-8H,1-3H3. The fourth-order valence-electron chi connectivity index (χ4n) is 2.73. The number of carbonyl (C=O) groups is 3. The number of Topliss-reactive ketones (excluding diaryl/α,β-unsaturated/α-hetero) is 2. The van der Waals surface area contributed by atoms with Gasteiger partial charge in [-0.15, -0.1) is 0 Å². The minimum Gasteiger partial charge on any atom is -0.465 e. The normalized spacial score (nSPS) is 14.0. The summed E-state index contributed by atoms with van der Waals surface area (Å²) in [6.45, 7) is 3.23. The molecule has 2 aromatic rings. The van der Waals surface area contributed by atoms with Gasteiger partial charge in [-0.2, -0.15) is 0 Å². The fraction of sp³-hybridized carbons (Fsp3) is 0.167. The number of rotatable bonds is 2. The van der Waals surface area contributed by atoms with Gasteiger partial charge in [-0.1, -0.05) is 0 Å². The molecule has 24 heavy (non-hydrogen) atoms. The molecule has 0 saturated carbocycles. The summed E-state index contributed by atoms with van der Waals surface area (Å²) in [7, 11) is 1.25. The molecule has 6 heteroatoms. The number of hydrogen-bond donors (Lipinski definition) is 0. The maximum atomic E-state index is 12.8. The van der Waals surface area contributed by atoms with Crippen molar-refractivity contribution in [2.24, 2.45) is 0 Å². The Hall–Kier alpha value is -2.22. The Kier molecular flexibility index (Phi) is 4.16. The first-order valence-corrected chi connectivity index (χ1v) is 8.31. The fourth-order valence-corrected chi connectivity index (χ4v) is 3.09. The van der Waals surface area contributed by atoms with Crippen LogP contribution in [-0.2, 0) is 4.74 Å². The van der Waals surface area contributed by atoms with Crippen LogP contribution in [0.4, 0.5) is 0 Å². The van der Waals surface area contributed by atoms with Crippen LogP contribution in [0.5, 0.6) is 0 Å². The Morgan fingerprint density at radius 1 is 1.04 bits per heavy atom. The van der Waals surface area contributed by atoms with Crippen molar-refractivity contribution in [3.05, 3.63) is 62.0 Å². The number of nitrogens with zero attached hydrogens (tertiary/aromatic N) is 1. The molecule has 0 fully saturated rings. The summed E-state index contributed by atoms with van der Waals surface area (Å²) in [5.41, 5.74) is 1.90. The van der Waals surface area contributed by atoms with E-state index in [4.69, 9.17) is 4.74 Å². The molecule has 0 unspecified atom stereocenters. The zero-order chi connectivity index (χ0) is 17.6. The highest BCUT2D eigenvalue weighted by Crippen LogP contribution is 2.32. The summed E-state index contributed by atoms with van der Waals surface area (Å²) in [6.07, 6.45) is 1.50. The largest absolute Gasteiger partial charge is 0.465 e. The average molecular weight is 435 g/mol. The predicted molar refractivity (Wildman–Crippen MR) is 96.9 cm³/mol. The molecule has 1 aliphatic carbocycles. The molecule has 0 amide bonds. The van der Waals surface area contributed by atoms with Gasteiger partial charge >= 0.3 is 5.97 Å². The minimum atomic E-state index is -0.635. The predicted octanol–water partition coefficient (Wildman–Crippen LogP) is 3.58. The van der Waals surface area contributed by atoms with Crippen LogP contribution in [0, 0.1) is 3.57 Å². The topological polar surface area (TPSA) is 65.4 Å². The molecule has 0 N–H and O–H groups in total. The third kappa shape index (κ3) is 2.41. The van der Waals surface area contributed by atoms with Crippen molar-refractivity contribution < 1.29 is 19.1 Å². The molecule has 0 bridgehead atoms. The summed E-state index contributed by atoms with van der Waals surface area (Å²) >= 11 is 2.18. The molecule has 1 aliphatic rings. The van der Waals surface area contributed by atoms with Gasteiger partial charge in [0.1, 0.15) is 5.69 Å². The highest BCUT2D eigenvalue weighted by molar-refractivity contribution is 14.1. The Morgan fingerprint density at radius 3 is 2.21 bits per heavy atom. The third-order valence-electron chi connectivity index (χ3n) is 4.20. The van der Waals surface area contributed by atoms with Crippen LogP contribution >= 0.6 is 22.6 Å². The molecule has 1 aromatic carbocycles. The first kappa shape index (κ1) is 16.6. The zero-order valence-corrected chi connectivity index (χ0v) is 15.5.